The summed E-state index contributed by atoms with van der Waals surface area (Å²) in [6.07, 6.45) is 3.60. The molecule has 0 spiro atoms. The van der Waals surface area contributed by atoms with E-state index in [-0.39, 0.29) is 0 Å². The van der Waals surface area contributed by atoms with E-state index < -0.39 is 0 Å². The van der Waals surface area contributed by atoms with Crippen LogP contribution in [-0.4, -0.2) is 6.54 Å². The van der Waals surface area contributed by atoms with Crippen molar-refractivity contribution < 1.29 is 0 Å². The highest BCUT2D eigenvalue weighted by atomic mass is 79.9. The molecule has 1 unspecified atom stereocenters. The summed E-state index contributed by atoms with van der Waals surface area (Å²) in [5.41, 5.74) is 1.78. The van der Waals surface area contributed by atoms with Crippen LogP contribution in [0.25, 0.3) is 0 Å². The number of nitrogens with one attached hydrogen (secondary N) is 1. The summed E-state index contributed by atoms with van der Waals surface area (Å²) >= 11 is 3.67. The molecule has 0 bridgehead atoms. The number of benzene rings is 1. The predicted octanol–water partition coefficient (Wildman–Crippen LogP) is 5.32. The molecule has 0 radical (unpaired) electrons. The topological polar surface area (TPSA) is 12.0 Å². The van der Waals surface area contributed by atoms with Crippen molar-refractivity contribution in [2.75, 3.05) is 6.54 Å². The molecule has 0 saturated heterocycles. The molecule has 1 aromatic rings. The molecule has 0 saturated carbocycles. The second-order valence-electron chi connectivity index (χ2n) is 6.13. The Bertz CT molecular complexity index is 354. The van der Waals surface area contributed by atoms with E-state index >= 15 is 0 Å². The molecule has 102 valence electrons. The minimum atomic E-state index is 0.396. The van der Waals surface area contributed by atoms with Crippen molar-refractivity contribution in [3.05, 3.63) is 34.3 Å². The molecule has 2 heteroatoms. The maximum absolute atomic E-state index is 3.67. The van der Waals surface area contributed by atoms with Gasteiger partial charge in [0.2, 0.25) is 0 Å². The van der Waals surface area contributed by atoms with Crippen molar-refractivity contribution in [1.82, 2.24) is 5.32 Å². The number of hydrogen-bond donors (Lipinski definition) is 1. The molecule has 0 aliphatic carbocycles. The van der Waals surface area contributed by atoms with Crippen LogP contribution in [-0.2, 0) is 0 Å². The zero-order valence-electron chi connectivity index (χ0n) is 12.1. The highest BCUT2D eigenvalue weighted by Crippen LogP contribution is 2.30. The van der Waals surface area contributed by atoms with Crippen LogP contribution in [0.4, 0.5) is 0 Å². The van der Waals surface area contributed by atoms with Crippen LogP contribution < -0.4 is 5.32 Å². The number of halogens is 1. The van der Waals surface area contributed by atoms with Gasteiger partial charge in [-0.3, -0.25) is 0 Å². The van der Waals surface area contributed by atoms with Crippen molar-refractivity contribution in [3.63, 3.8) is 0 Å². The molecular formula is C16H26BrN. The van der Waals surface area contributed by atoms with Gasteiger partial charge in [-0.1, -0.05) is 61.8 Å². The second-order valence-corrected chi connectivity index (χ2v) is 6.98. The summed E-state index contributed by atoms with van der Waals surface area (Å²) in [6, 6.07) is 9.01. The summed E-state index contributed by atoms with van der Waals surface area (Å²) in [7, 11) is 0. The Morgan fingerprint density at radius 2 is 1.89 bits per heavy atom. The van der Waals surface area contributed by atoms with Gasteiger partial charge in [0.25, 0.3) is 0 Å². The number of hydrogen-bond acceptors (Lipinski definition) is 1. The average Bonchev–Trinajstić information content (AvgIpc) is 2.29. The standard InChI is InChI=1S/C16H26BrN/c1-5-12-18-15(10-11-16(2,3)4)13-8-6-7-9-14(13)17/h6-9,15,18H,5,10-12H2,1-4H3. The van der Waals surface area contributed by atoms with Crippen molar-refractivity contribution >= 4 is 15.9 Å². The molecule has 1 atom stereocenters. The minimum Gasteiger partial charge on any atom is -0.310 e. The number of rotatable bonds is 6. The Morgan fingerprint density at radius 3 is 2.44 bits per heavy atom. The third-order valence-corrected chi connectivity index (χ3v) is 3.83. The molecule has 1 nitrogen and oxygen atoms in total. The van der Waals surface area contributed by atoms with Crippen LogP contribution >= 0.6 is 15.9 Å². The first-order chi connectivity index (χ1) is 8.44. The zero-order valence-corrected chi connectivity index (χ0v) is 13.7. The van der Waals surface area contributed by atoms with E-state index in [1.165, 1.54) is 29.3 Å². The molecular weight excluding hydrogens is 286 g/mol. The van der Waals surface area contributed by atoms with Gasteiger partial charge in [-0.05, 0) is 42.9 Å². The lowest BCUT2D eigenvalue weighted by atomic mass is 9.87. The normalized spacial score (nSPS) is 13.6. The third kappa shape index (κ3) is 5.53. The van der Waals surface area contributed by atoms with E-state index in [4.69, 9.17) is 0 Å². The molecule has 0 heterocycles. The van der Waals surface area contributed by atoms with Gasteiger partial charge in [0.15, 0.2) is 0 Å². The van der Waals surface area contributed by atoms with Crippen molar-refractivity contribution in [3.8, 4) is 0 Å². The Kier molecular flexibility index (Phi) is 6.37. The quantitative estimate of drug-likeness (QED) is 0.750. The fraction of sp³-hybridized carbons (Fsp3) is 0.625. The van der Waals surface area contributed by atoms with Gasteiger partial charge in [0.05, 0.1) is 0 Å². The first kappa shape index (κ1) is 15.7. The predicted molar refractivity (Wildman–Crippen MR) is 83.9 cm³/mol. The first-order valence-electron chi connectivity index (χ1n) is 6.92. The smallest absolute Gasteiger partial charge is 0.0331 e. The lowest BCUT2D eigenvalue weighted by Crippen LogP contribution is -2.24. The minimum absolute atomic E-state index is 0.396. The van der Waals surface area contributed by atoms with E-state index in [0.29, 0.717) is 11.5 Å². The lowest BCUT2D eigenvalue weighted by molar-refractivity contribution is 0.332. The van der Waals surface area contributed by atoms with Crippen LogP contribution in [0.3, 0.4) is 0 Å². The van der Waals surface area contributed by atoms with Crippen LogP contribution in [0.5, 0.6) is 0 Å². The van der Waals surface area contributed by atoms with E-state index in [9.17, 15) is 0 Å². The molecule has 18 heavy (non-hydrogen) atoms. The summed E-state index contributed by atoms with van der Waals surface area (Å²) in [5, 5.41) is 3.67. The SMILES string of the molecule is CCCNC(CCC(C)(C)C)c1ccccc1Br. The van der Waals surface area contributed by atoms with E-state index in [1.807, 2.05) is 0 Å². The maximum Gasteiger partial charge on any atom is 0.0331 e. The fourth-order valence-electron chi connectivity index (χ4n) is 2.02. The first-order valence-corrected chi connectivity index (χ1v) is 7.71. The van der Waals surface area contributed by atoms with Gasteiger partial charge in [0.1, 0.15) is 0 Å². The summed E-state index contributed by atoms with van der Waals surface area (Å²) in [5.74, 6) is 0. The van der Waals surface area contributed by atoms with E-state index in [1.54, 1.807) is 0 Å². The van der Waals surface area contributed by atoms with Crippen LogP contribution in [0, 0.1) is 5.41 Å². The fourth-order valence-corrected chi connectivity index (χ4v) is 2.58. The lowest BCUT2D eigenvalue weighted by Gasteiger charge is -2.25. The van der Waals surface area contributed by atoms with Crippen molar-refractivity contribution in [1.29, 1.82) is 0 Å². The Hall–Kier alpha value is -0.340. The summed E-state index contributed by atoms with van der Waals surface area (Å²) in [4.78, 5) is 0. The second kappa shape index (κ2) is 7.30. The monoisotopic (exact) mass is 311 g/mol. The Balaban J connectivity index is 2.75. The highest BCUT2D eigenvalue weighted by molar-refractivity contribution is 9.10. The van der Waals surface area contributed by atoms with E-state index in [2.05, 4.69) is 73.2 Å². The van der Waals surface area contributed by atoms with Gasteiger partial charge < -0.3 is 5.32 Å². The largest absolute Gasteiger partial charge is 0.310 e. The zero-order chi connectivity index (χ0) is 13.6. The van der Waals surface area contributed by atoms with Gasteiger partial charge in [-0.15, -0.1) is 0 Å². The van der Waals surface area contributed by atoms with Crippen LogP contribution in [0.2, 0.25) is 0 Å². The van der Waals surface area contributed by atoms with Gasteiger partial charge in [-0.25, -0.2) is 0 Å². The van der Waals surface area contributed by atoms with Crippen molar-refractivity contribution in [2.24, 2.45) is 5.41 Å². The van der Waals surface area contributed by atoms with Crippen LogP contribution in [0.1, 0.15) is 58.6 Å². The van der Waals surface area contributed by atoms with E-state index in [0.717, 1.165) is 6.54 Å². The molecule has 0 aromatic heterocycles. The maximum atomic E-state index is 3.67. The molecule has 1 N–H and O–H groups in total. The molecule has 0 aliphatic heterocycles. The van der Waals surface area contributed by atoms with Gasteiger partial charge in [0, 0.05) is 10.5 Å². The molecule has 1 aromatic carbocycles. The molecule has 0 fully saturated rings. The average molecular weight is 312 g/mol. The molecule has 0 amide bonds. The third-order valence-electron chi connectivity index (χ3n) is 3.10. The molecule has 1 rings (SSSR count). The molecule has 0 aliphatic rings. The van der Waals surface area contributed by atoms with Gasteiger partial charge >= 0.3 is 0 Å². The summed E-state index contributed by atoms with van der Waals surface area (Å²) < 4.78 is 1.22. The Labute approximate surface area is 120 Å². The Morgan fingerprint density at radius 1 is 1.22 bits per heavy atom. The summed E-state index contributed by atoms with van der Waals surface area (Å²) in [6.45, 7) is 10.2. The van der Waals surface area contributed by atoms with Crippen LogP contribution in [0.15, 0.2) is 28.7 Å². The van der Waals surface area contributed by atoms with Crippen molar-refractivity contribution in [2.45, 2.75) is 53.0 Å². The highest BCUT2D eigenvalue weighted by Gasteiger charge is 2.17. The van der Waals surface area contributed by atoms with Gasteiger partial charge in [-0.2, -0.15) is 0 Å².